The van der Waals surface area contributed by atoms with Gasteiger partial charge in [-0.1, -0.05) is 5.11 Å². The second-order valence-corrected chi connectivity index (χ2v) is 4.09. The summed E-state index contributed by atoms with van der Waals surface area (Å²) in [6, 6.07) is 6.21. The molecule has 18 heavy (non-hydrogen) atoms. The second kappa shape index (κ2) is 5.48. The predicted octanol–water partition coefficient (Wildman–Crippen LogP) is 3.13. The van der Waals surface area contributed by atoms with E-state index in [1.165, 1.54) is 12.1 Å². The summed E-state index contributed by atoms with van der Waals surface area (Å²) in [6.45, 7) is 0.533. The van der Waals surface area contributed by atoms with Gasteiger partial charge >= 0.3 is 0 Å². The molecule has 0 amide bonds. The molecule has 1 aromatic rings. The van der Waals surface area contributed by atoms with Gasteiger partial charge in [-0.05, 0) is 36.1 Å². The highest BCUT2D eigenvalue weighted by molar-refractivity contribution is 5.34. The fraction of sp³-hybridized carbons (Fsp3) is 0.455. The highest BCUT2D eigenvalue weighted by atomic mass is 16.6. The van der Waals surface area contributed by atoms with Gasteiger partial charge in [-0.25, -0.2) is 0 Å². The third-order valence-corrected chi connectivity index (χ3v) is 2.95. The first-order valence-corrected chi connectivity index (χ1v) is 5.61. The van der Waals surface area contributed by atoms with E-state index in [4.69, 9.17) is 10.3 Å². The summed E-state index contributed by atoms with van der Waals surface area (Å²) in [4.78, 5) is 12.9. The van der Waals surface area contributed by atoms with Crippen molar-refractivity contribution < 1.29 is 9.66 Å². The van der Waals surface area contributed by atoms with Gasteiger partial charge in [-0.2, -0.15) is 0 Å². The van der Waals surface area contributed by atoms with Crippen molar-refractivity contribution in [2.45, 2.75) is 25.0 Å². The summed E-state index contributed by atoms with van der Waals surface area (Å²) < 4.78 is 5.59. The Morgan fingerprint density at radius 2 is 2.17 bits per heavy atom. The van der Waals surface area contributed by atoms with Gasteiger partial charge in [0.15, 0.2) is 0 Å². The molecule has 0 unspecified atom stereocenters. The molecule has 0 spiro atoms. The zero-order chi connectivity index (χ0) is 13.0. The van der Waals surface area contributed by atoms with Gasteiger partial charge in [0.1, 0.15) is 0 Å². The van der Waals surface area contributed by atoms with Crippen LogP contribution >= 0.6 is 0 Å². The van der Waals surface area contributed by atoms with Crippen molar-refractivity contribution in [3.63, 3.8) is 0 Å². The van der Waals surface area contributed by atoms with Crippen LogP contribution in [0.5, 0.6) is 0 Å². The van der Waals surface area contributed by atoms with E-state index < -0.39 is 4.92 Å². The average molecular weight is 248 g/mol. The molecule has 1 fully saturated rings. The van der Waals surface area contributed by atoms with E-state index >= 15 is 0 Å². The van der Waals surface area contributed by atoms with Crippen molar-refractivity contribution in [2.75, 3.05) is 6.61 Å². The van der Waals surface area contributed by atoms with E-state index in [2.05, 4.69) is 10.0 Å². The molecule has 1 aliphatic rings. The van der Waals surface area contributed by atoms with Crippen LogP contribution in [0.4, 0.5) is 5.69 Å². The molecule has 0 N–H and O–H groups in total. The summed E-state index contributed by atoms with van der Waals surface area (Å²) in [5.74, 6) is 0. The lowest BCUT2D eigenvalue weighted by Gasteiger charge is -2.27. The van der Waals surface area contributed by atoms with Crippen LogP contribution in [-0.2, 0) is 4.74 Å². The zero-order valence-electron chi connectivity index (χ0n) is 9.60. The van der Waals surface area contributed by atoms with Crippen LogP contribution in [0.15, 0.2) is 29.4 Å². The SMILES string of the molecule is [N-]=[N+]=N[C@H]1CCO[C@@H](c2ccc([N+](=O)[O-])cc2)C1. The Morgan fingerprint density at radius 1 is 1.44 bits per heavy atom. The Labute approximate surface area is 103 Å². The molecule has 0 radical (unpaired) electrons. The summed E-state index contributed by atoms with van der Waals surface area (Å²) in [6.07, 6.45) is 1.17. The Kier molecular flexibility index (Phi) is 3.76. The average Bonchev–Trinajstić information content (AvgIpc) is 2.39. The van der Waals surface area contributed by atoms with E-state index in [0.29, 0.717) is 19.4 Å². The molecule has 94 valence electrons. The number of nitro benzene ring substituents is 1. The molecular weight excluding hydrogens is 236 g/mol. The van der Waals surface area contributed by atoms with Crippen molar-refractivity contribution in [3.05, 3.63) is 50.4 Å². The van der Waals surface area contributed by atoms with Crippen LogP contribution in [0.3, 0.4) is 0 Å². The molecule has 1 heterocycles. The van der Waals surface area contributed by atoms with Crippen molar-refractivity contribution in [3.8, 4) is 0 Å². The fourth-order valence-corrected chi connectivity index (χ4v) is 2.00. The van der Waals surface area contributed by atoms with E-state index in [0.717, 1.165) is 5.56 Å². The van der Waals surface area contributed by atoms with Crippen molar-refractivity contribution >= 4 is 5.69 Å². The van der Waals surface area contributed by atoms with E-state index in [1.807, 2.05) is 0 Å². The molecule has 0 aliphatic carbocycles. The highest BCUT2D eigenvalue weighted by Gasteiger charge is 2.23. The third kappa shape index (κ3) is 2.77. The number of hydrogen-bond acceptors (Lipinski definition) is 4. The predicted molar refractivity (Wildman–Crippen MR) is 64.0 cm³/mol. The van der Waals surface area contributed by atoms with E-state index in [1.54, 1.807) is 12.1 Å². The summed E-state index contributed by atoms with van der Waals surface area (Å²) >= 11 is 0. The first kappa shape index (κ1) is 12.3. The third-order valence-electron chi connectivity index (χ3n) is 2.95. The molecule has 1 aromatic carbocycles. The van der Waals surface area contributed by atoms with Crippen molar-refractivity contribution in [1.82, 2.24) is 0 Å². The van der Waals surface area contributed by atoms with Crippen molar-refractivity contribution in [2.24, 2.45) is 5.11 Å². The first-order chi connectivity index (χ1) is 8.70. The van der Waals surface area contributed by atoms with Gasteiger partial charge in [0.05, 0.1) is 11.0 Å². The normalized spacial score (nSPS) is 23.1. The number of azide groups is 1. The molecule has 0 bridgehead atoms. The molecule has 0 aromatic heterocycles. The van der Waals surface area contributed by atoms with Gasteiger partial charge < -0.3 is 4.74 Å². The Hall–Kier alpha value is -2.11. The Bertz CT molecular complexity index is 482. The van der Waals surface area contributed by atoms with E-state index in [9.17, 15) is 10.1 Å². The minimum atomic E-state index is -0.436. The monoisotopic (exact) mass is 248 g/mol. The van der Waals surface area contributed by atoms with Crippen LogP contribution in [0, 0.1) is 10.1 Å². The van der Waals surface area contributed by atoms with Gasteiger partial charge in [0.2, 0.25) is 0 Å². The minimum Gasteiger partial charge on any atom is -0.374 e. The number of nitro groups is 1. The number of non-ortho nitro benzene ring substituents is 1. The lowest BCUT2D eigenvalue weighted by atomic mass is 9.98. The minimum absolute atomic E-state index is 0.0566. The van der Waals surface area contributed by atoms with Crippen LogP contribution in [-0.4, -0.2) is 17.6 Å². The number of hydrogen-bond donors (Lipinski definition) is 0. The van der Waals surface area contributed by atoms with Gasteiger partial charge in [0.25, 0.3) is 5.69 Å². The lowest BCUT2D eigenvalue weighted by Crippen LogP contribution is -2.22. The van der Waals surface area contributed by atoms with Crippen LogP contribution in [0.1, 0.15) is 24.5 Å². The molecule has 7 nitrogen and oxygen atoms in total. The lowest BCUT2D eigenvalue weighted by molar-refractivity contribution is -0.384. The molecule has 2 rings (SSSR count). The molecule has 1 aliphatic heterocycles. The number of ether oxygens (including phenoxy) is 1. The molecule has 1 saturated heterocycles. The quantitative estimate of drug-likeness (QED) is 0.270. The Balaban J connectivity index is 2.11. The zero-order valence-corrected chi connectivity index (χ0v) is 9.60. The standard InChI is InChI=1S/C11H12N4O3/c12-14-13-9-5-6-18-11(7-9)8-1-3-10(4-2-8)15(16)17/h1-4,9,11H,5-7H2/t9-,11+/m0/s1. The molecule has 2 atom stereocenters. The Morgan fingerprint density at radius 3 is 2.78 bits per heavy atom. The maximum absolute atomic E-state index is 10.5. The molecular formula is C11H12N4O3. The number of benzene rings is 1. The molecule has 0 saturated carbocycles. The van der Waals surface area contributed by atoms with Gasteiger partial charge in [-0.15, -0.1) is 0 Å². The molecule has 7 heteroatoms. The van der Waals surface area contributed by atoms with Crippen LogP contribution in [0.25, 0.3) is 10.4 Å². The second-order valence-electron chi connectivity index (χ2n) is 4.09. The van der Waals surface area contributed by atoms with Crippen LogP contribution < -0.4 is 0 Å². The highest BCUT2D eigenvalue weighted by Crippen LogP contribution is 2.30. The van der Waals surface area contributed by atoms with E-state index in [-0.39, 0.29) is 17.8 Å². The number of rotatable bonds is 3. The first-order valence-electron chi connectivity index (χ1n) is 5.61. The summed E-state index contributed by atoms with van der Waals surface area (Å²) in [5.41, 5.74) is 9.35. The fourth-order valence-electron chi connectivity index (χ4n) is 2.00. The van der Waals surface area contributed by atoms with Crippen LogP contribution in [0.2, 0.25) is 0 Å². The summed E-state index contributed by atoms with van der Waals surface area (Å²) in [5, 5.41) is 14.2. The topological polar surface area (TPSA) is 101 Å². The maximum Gasteiger partial charge on any atom is 0.269 e. The number of nitrogens with zero attached hydrogens (tertiary/aromatic N) is 4. The van der Waals surface area contributed by atoms with Gasteiger partial charge in [-0.3, -0.25) is 10.1 Å². The smallest absolute Gasteiger partial charge is 0.269 e. The van der Waals surface area contributed by atoms with Crippen molar-refractivity contribution in [1.29, 1.82) is 0 Å². The van der Waals surface area contributed by atoms with Gasteiger partial charge in [0, 0.05) is 29.7 Å². The maximum atomic E-state index is 10.5. The summed E-state index contributed by atoms with van der Waals surface area (Å²) in [7, 11) is 0. The largest absolute Gasteiger partial charge is 0.374 e.